The molecule has 1 heterocycles. The molecular formula is C14H16BrN3OS. The highest BCUT2D eigenvalue weighted by Gasteiger charge is 2.11. The van der Waals surface area contributed by atoms with Crippen molar-refractivity contribution in [3.8, 4) is 0 Å². The summed E-state index contributed by atoms with van der Waals surface area (Å²) < 4.78 is 1.06. The number of carbonyl (C=O) groups is 1. The van der Waals surface area contributed by atoms with Gasteiger partial charge in [0.1, 0.15) is 5.82 Å². The van der Waals surface area contributed by atoms with Crippen molar-refractivity contribution < 1.29 is 4.79 Å². The maximum Gasteiger partial charge on any atom is 0.233 e. The van der Waals surface area contributed by atoms with E-state index in [1.165, 1.54) is 5.56 Å². The number of benzene rings is 1. The lowest BCUT2D eigenvalue weighted by molar-refractivity contribution is -0.127. The summed E-state index contributed by atoms with van der Waals surface area (Å²) in [6.07, 6.45) is 3.45. The molecule has 1 aromatic heterocycles. The molecule has 0 saturated heterocycles. The number of rotatable bonds is 5. The van der Waals surface area contributed by atoms with Crippen LogP contribution in [-0.4, -0.2) is 33.6 Å². The van der Waals surface area contributed by atoms with E-state index >= 15 is 0 Å². The van der Waals surface area contributed by atoms with Crippen LogP contribution in [0.2, 0.25) is 0 Å². The van der Waals surface area contributed by atoms with Crippen LogP contribution in [0.1, 0.15) is 11.4 Å². The van der Waals surface area contributed by atoms with Crippen LogP contribution in [0.15, 0.2) is 40.0 Å². The van der Waals surface area contributed by atoms with Gasteiger partial charge in [-0.1, -0.05) is 15.9 Å². The number of hydrogen-bond donors (Lipinski definition) is 1. The van der Waals surface area contributed by atoms with Crippen LogP contribution in [-0.2, 0) is 11.3 Å². The Bertz CT molecular complexity index is 586. The van der Waals surface area contributed by atoms with Crippen LogP contribution in [0.3, 0.4) is 0 Å². The molecule has 1 N–H and O–H groups in total. The van der Waals surface area contributed by atoms with E-state index in [-0.39, 0.29) is 5.91 Å². The highest BCUT2D eigenvalue weighted by atomic mass is 79.9. The fraction of sp³-hybridized carbons (Fsp3) is 0.286. The molecule has 0 fully saturated rings. The number of aromatic nitrogens is 2. The number of nitrogens with one attached hydrogen (secondary N) is 1. The van der Waals surface area contributed by atoms with Crippen LogP contribution < -0.4 is 0 Å². The number of aromatic amines is 1. The number of nitrogens with zero attached hydrogens (tertiary/aromatic N) is 2. The molecule has 0 aliphatic carbocycles. The van der Waals surface area contributed by atoms with Crippen molar-refractivity contribution in [3.05, 3.63) is 46.5 Å². The average molecular weight is 354 g/mol. The maximum atomic E-state index is 12.1. The summed E-state index contributed by atoms with van der Waals surface area (Å²) in [5.74, 6) is 1.32. The molecule has 6 heteroatoms. The minimum absolute atomic E-state index is 0.0914. The van der Waals surface area contributed by atoms with Crippen molar-refractivity contribution in [2.24, 2.45) is 0 Å². The van der Waals surface area contributed by atoms with Gasteiger partial charge < -0.3 is 9.88 Å². The second kappa shape index (κ2) is 6.95. The van der Waals surface area contributed by atoms with Crippen molar-refractivity contribution in [3.63, 3.8) is 0 Å². The van der Waals surface area contributed by atoms with Crippen molar-refractivity contribution in [1.29, 1.82) is 0 Å². The van der Waals surface area contributed by atoms with E-state index in [1.807, 2.05) is 19.1 Å². The number of carbonyl (C=O) groups excluding carboxylic acids is 1. The molecule has 0 aliphatic rings. The third-order valence-electron chi connectivity index (χ3n) is 2.86. The third-order valence-corrected chi connectivity index (χ3v) is 4.51. The number of hydrogen-bond acceptors (Lipinski definition) is 3. The molecule has 0 bridgehead atoms. The Labute approximate surface area is 131 Å². The van der Waals surface area contributed by atoms with Crippen molar-refractivity contribution in [2.45, 2.75) is 18.4 Å². The van der Waals surface area contributed by atoms with Gasteiger partial charge in [0.15, 0.2) is 0 Å². The fourth-order valence-corrected chi connectivity index (χ4v) is 3.15. The standard InChI is InChI=1S/C14H16BrN3OS/c1-10-7-11(15)3-4-12(10)20-9-14(19)18(2)8-13-16-5-6-17-13/h3-7H,8-9H2,1-2H3,(H,16,17). The summed E-state index contributed by atoms with van der Waals surface area (Å²) >= 11 is 5.00. The van der Waals surface area contributed by atoms with Crippen LogP contribution >= 0.6 is 27.7 Å². The van der Waals surface area contributed by atoms with E-state index in [1.54, 1.807) is 36.1 Å². The van der Waals surface area contributed by atoms with Gasteiger partial charge in [-0.15, -0.1) is 11.8 Å². The van der Waals surface area contributed by atoms with Crippen molar-refractivity contribution >= 4 is 33.6 Å². The van der Waals surface area contributed by atoms with Crippen LogP contribution in [0, 0.1) is 6.92 Å². The average Bonchev–Trinajstić information content (AvgIpc) is 2.90. The first-order chi connectivity index (χ1) is 9.56. The van der Waals surface area contributed by atoms with E-state index in [9.17, 15) is 4.79 Å². The second-order valence-corrected chi connectivity index (χ2v) is 6.42. The van der Waals surface area contributed by atoms with Crippen molar-refractivity contribution in [1.82, 2.24) is 14.9 Å². The van der Waals surface area contributed by atoms with Crippen LogP contribution in [0.4, 0.5) is 0 Å². The molecule has 2 aromatic rings. The third kappa shape index (κ3) is 4.11. The smallest absolute Gasteiger partial charge is 0.233 e. The molecule has 2 rings (SSSR count). The first-order valence-corrected chi connectivity index (χ1v) is 7.95. The predicted octanol–water partition coefficient (Wildman–Crippen LogP) is 3.23. The lowest BCUT2D eigenvalue weighted by Gasteiger charge is -2.15. The molecule has 0 radical (unpaired) electrons. The van der Waals surface area contributed by atoms with E-state index < -0.39 is 0 Å². The molecule has 0 aliphatic heterocycles. The lowest BCUT2D eigenvalue weighted by Crippen LogP contribution is -2.28. The van der Waals surface area contributed by atoms with Crippen LogP contribution in [0.5, 0.6) is 0 Å². The van der Waals surface area contributed by atoms with Gasteiger partial charge in [-0.2, -0.15) is 0 Å². The zero-order valence-electron chi connectivity index (χ0n) is 11.4. The Balaban J connectivity index is 1.88. The molecule has 0 saturated carbocycles. The highest BCUT2D eigenvalue weighted by Crippen LogP contribution is 2.25. The molecule has 1 amide bonds. The Hall–Kier alpha value is -1.27. The predicted molar refractivity (Wildman–Crippen MR) is 84.7 cm³/mol. The Morgan fingerprint density at radius 1 is 1.50 bits per heavy atom. The number of imidazole rings is 1. The zero-order chi connectivity index (χ0) is 14.5. The molecule has 4 nitrogen and oxygen atoms in total. The minimum Gasteiger partial charge on any atom is -0.347 e. The van der Waals surface area contributed by atoms with Gasteiger partial charge in [-0.05, 0) is 30.7 Å². The molecule has 0 unspecified atom stereocenters. The van der Waals surface area contributed by atoms with Gasteiger partial charge in [-0.3, -0.25) is 4.79 Å². The summed E-state index contributed by atoms with van der Waals surface area (Å²) in [4.78, 5) is 22.0. The summed E-state index contributed by atoms with van der Waals surface area (Å²) in [5, 5.41) is 0. The van der Waals surface area contributed by atoms with Gasteiger partial charge in [0, 0.05) is 28.8 Å². The second-order valence-electron chi connectivity index (χ2n) is 4.48. The summed E-state index contributed by atoms with van der Waals surface area (Å²) in [6.45, 7) is 2.55. The largest absolute Gasteiger partial charge is 0.347 e. The van der Waals surface area contributed by atoms with Gasteiger partial charge in [-0.25, -0.2) is 4.98 Å². The SMILES string of the molecule is Cc1cc(Br)ccc1SCC(=O)N(C)Cc1ncc[nH]1. The van der Waals surface area contributed by atoms with E-state index in [2.05, 4.69) is 32.0 Å². The molecule has 0 atom stereocenters. The van der Waals surface area contributed by atoms with E-state index in [4.69, 9.17) is 0 Å². The summed E-state index contributed by atoms with van der Waals surface area (Å²) in [6, 6.07) is 6.08. The first kappa shape index (κ1) is 15.1. The number of thioether (sulfide) groups is 1. The van der Waals surface area contributed by atoms with E-state index in [0.717, 1.165) is 15.2 Å². The summed E-state index contributed by atoms with van der Waals surface area (Å²) in [7, 11) is 1.79. The number of halogens is 1. The Kier molecular flexibility index (Phi) is 5.25. The minimum atomic E-state index is 0.0914. The Morgan fingerprint density at radius 2 is 2.30 bits per heavy atom. The number of aryl methyl sites for hydroxylation is 1. The highest BCUT2D eigenvalue weighted by molar-refractivity contribution is 9.10. The Morgan fingerprint density at radius 3 is 2.95 bits per heavy atom. The first-order valence-electron chi connectivity index (χ1n) is 6.17. The molecule has 20 heavy (non-hydrogen) atoms. The number of amides is 1. The summed E-state index contributed by atoms with van der Waals surface area (Å²) in [5.41, 5.74) is 1.17. The van der Waals surface area contributed by atoms with Gasteiger partial charge in [0.05, 0.1) is 12.3 Å². The van der Waals surface area contributed by atoms with Gasteiger partial charge in [0.25, 0.3) is 0 Å². The fourth-order valence-electron chi connectivity index (χ4n) is 1.72. The molecular weight excluding hydrogens is 338 g/mol. The normalized spacial score (nSPS) is 10.6. The topological polar surface area (TPSA) is 49.0 Å². The van der Waals surface area contributed by atoms with Crippen LogP contribution in [0.25, 0.3) is 0 Å². The monoisotopic (exact) mass is 353 g/mol. The van der Waals surface area contributed by atoms with Gasteiger partial charge in [0.2, 0.25) is 5.91 Å². The molecule has 106 valence electrons. The molecule has 1 aromatic carbocycles. The maximum absolute atomic E-state index is 12.1. The zero-order valence-corrected chi connectivity index (χ0v) is 13.8. The lowest BCUT2D eigenvalue weighted by atomic mass is 10.2. The number of H-pyrrole nitrogens is 1. The van der Waals surface area contributed by atoms with E-state index in [0.29, 0.717) is 12.3 Å². The van der Waals surface area contributed by atoms with Gasteiger partial charge >= 0.3 is 0 Å². The van der Waals surface area contributed by atoms with Crippen molar-refractivity contribution in [2.75, 3.05) is 12.8 Å². The quantitative estimate of drug-likeness (QED) is 0.839. The molecule has 0 spiro atoms.